The number of allylic oxidation sites excluding steroid dienone is 1. The molecule has 0 unspecified atom stereocenters. The van der Waals surface area contributed by atoms with Crippen molar-refractivity contribution in [1.29, 1.82) is 5.26 Å². The summed E-state index contributed by atoms with van der Waals surface area (Å²) in [6.45, 7) is 5.45. The summed E-state index contributed by atoms with van der Waals surface area (Å²) in [5, 5.41) is 9.18. The Hall–Kier alpha value is -3.38. The topological polar surface area (TPSA) is 93.7 Å². The van der Waals surface area contributed by atoms with E-state index in [0.29, 0.717) is 26.2 Å². The first-order chi connectivity index (χ1) is 17.2. The second-order valence-electron chi connectivity index (χ2n) is 7.97. The summed E-state index contributed by atoms with van der Waals surface area (Å²) in [5.74, 6) is -0.308. The average Bonchev–Trinajstić information content (AvgIpc) is 3.12. The molecule has 184 valence electrons. The molecule has 0 N–H and O–H groups in total. The standard InChI is InChI=1S/C26H21Cl2N3O4S/c1-4-34-25(33)21-15(3)30-26-31(22(21)17-7-5-14(2)6-8-17)24(32)20(36-26)13-16-11-18(27)23(19(28)12-16)35-10-9-29/h5-8,11-13,22H,4,10H2,1-3H3/b20-13+/t22-/m1/s1. The molecular formula is C26H21Cl2N3O4S. The molecule has 1 aromatic heterocycles. The molecule has 2 aromatic carbocycles. The molecule has 0 aliphatic carbocycles. The van der Waals surface area contributed by atoms with Crippen molar-refractivity contribution < 1.29 is 14.3 Å². The van der Waals surface area contributed by atoms with Crippen molar-refractivity contribution in [3.05, 3.63) is 94.1 Å². The molecule has 0 saturated carbocycles. The first-order valence-corrected chi connectivity index (χ1v) is 12.6. The Morgan fingerprint density at radius 3 is 2.50 bits per heavy atom. The molecule has 1 atom stereocenters. The summed E-state index contributed by atoms with van der Waals surface area (Å²) in [6, 6.07) is 12.1. The van der Waals surface area contributed by atoms with Crippen LogP contribution < -0.4 is 19.6 Å². The van der Waals surface area contributed by atoms with Gasteiger partial charge in [0.05, 0.1) is 38.5 Å². The Kier molecular flexibility index (Phi) is 7.65. The van der Waals surface area contributed by atoms with Gasteiger partial charge in [-0.15, -0.1) is 0 Å². The van der Waals surface area contributed by atoms with E-state index in [1.165, 1.54) is 15.9 Å². The van der Waals surface area contributed by atoms with E-state index in [0.717, 1.165) is 11.1 Å². The number of aromatic nitrogens is 1. The van der Waals surface area contributed by atoms with Crippen molar-refractivity contribution in [1.82, 2.24) is 4.57 Å². The molecule has 0 saturated heterocycles. The van der Waals surface area contributed by atoms with Crippen LogP contribution in [0.25, 0.3) is 6.08 Å². The van der Waals surface area contributed by atoms with E-state index in [-0.39, 0.29) is 34.6 Å². The fourth-order valence-electron chi connectivity index (χ4n) is 3.91. The van der Waals surface area contributed by atoms with Crippen molar-refractivity contribution in [2.75, 3.05) is 13.2 Å². The highest BCUT2D eigenvalue weighted by Crippen LogP contribution is 2.34. The van der Waals surface area contributed by atoms with Gasteiger partial charge in [0.15, 0.2) is 17.2 Å². The summed E-state index contributed by atoms with van der Waals surface area (Å²) in [5.41, 5.74) is 2.92. The maximum absolute atomic E-state index is 13.7. The zero-order valence-electron chi connectivity index (χ0n) is 19.7. The van der Waals surface area contributed by atoms with Crippen molar-refractivity contribution in [2.24, 2.45) is 4.99 Å². The molecule has 1 aliphatic heterocycles. The van der Waals surface area contributed by atoms with Gasteiger partial charge in [0, 0.05) is 0 Å². The van der Waals surface area contributed by atoms with E-state index in [2.05, 4.69) is 4.99 Å². The molecule has 1 aliphatic rings. The summed E-state index contributed by atoms with van der Waals surface area (Å²) in [4.78, 5) is 31.6. The first-order valence-electron chi connectivity index (χ1n) is 11.0. The zero-order valence-corrected chi connectivity index (χ0v) is 22.0. The Balaban J connectivity index is 1.89. The predicted octanol–water partition coefficient (Wildman–Crippen LogP) is 4.32. The fraction of sp³-hybridized carbons (Fsp3) is 0.231. The van der Waals surface area contributed by atoms with Gasteiger partial charge in [0.25, 0.3) is 5.56 Å². The van der Waals surface area contributed by atoms with Crippen LogP contribution in [0.2, 0.25) is 10.0 Å². The quantitative estimate of drug-likeness (QED) is 0.433. The van der Waals surface area contributed by atoms with Crippen LogP contribution in [0, 0.1) is 18.3 Å². The molecule has 0 bridgehead atoms. The summed E-state index contributed by atoms with van der Waals surface area (Å²) < 4.78 is 12.5. The van der Waals surface area contributed by atoms with Gasteiger partial charge >= 0.3 is 5.97 Å². The van der Waals surface area contributed by atoms with Crippen LogP contribution in [0.5, 0.6) is 5.75 Å². The number of carbonyl (C=O) groups excluding carboxylic acids is 1. The number of esters is 1. The van der Waals surface area contributed by atoms with Gasteiger partial charge in [-0.1, -0.05) is 64.4 Å². The number of fused-ring (bicyclic) bond motifs is 1. The van der Waals surface area contributed by atoms with Gasteiger partial charge in [-0.3, -0.25) is 9.36 Å². The van der Waals surface area contributed by atoms with Gasteiger partial charge in [-0.2, -0.15) is 5.26 Å². The number of ether oxygens (including phenoxy) is 2. The van der Waals surface area contributed by atoms with E-state index in [1.807, 2.05) is 37.3 Å². The summed E-state index contributed by atoms with van der Waals surface area (Å²) >= 11 is 13.8. The second-order valence-corrected chi connectivity index (χ2v) is 9.80. The Bertz CT molecular complexity index is 1570. The maximum atomic E-state index is 13.7. The molecule has 3 aromatic rings. The highest BCUT2D eigenvalue weighted by atomic mass is 35.5. The lowest BCUT2D eigenvalue weighted by atomic mass is 9.95. The fourth-order valence-corrected chi connectivity index (χ4v) is 5.57. The van der Waals surface area contributed by atoms with E-state index >= 15 is 0 Å². The molecule has 36 heavy (non-hydrogen) atoms. The number of hydrogen-bond acceptors (Lipinski definition) is 7. The van der Waals surface area contributed by atoms with Gasteiger partial charge in [-0.25, -0.2) is 9.79 Å². The molecule has 0 amide bonds. The van der Waals surface area contributed by atoms with Crippen LogP contribution in [0.3, 0.4) is 0 Å². The van der Waals surface area contributed by atoms with Crippen molar-refractivity contribution in [3.63, 3.8) is 0 Å². The van der Waals surface area contributed by atoms with Crippen molar-refractivity contribution in [3.8, 4) is 11.8 Å². The minimum absolute atomic E-state index is 0.196. The predicted molar refractivity (Wildman–Crippen MR) is 139 cm³/mol. The molecule has 0 fully saturated rings. The monoisotopic (exact) mass is 541 g/mol. The highest BCUT2D eigenvalue weighted by molar-refractivity contribution is 7.07. The third-order valence-corrected chi connectivity index (χ3v) is 7.05. The van der Waals surface area contributed by atoms with E-state index in [9.17, 15) is 9.59 Å². The molecule has 0 spiro atoms. The van der Waals surface area contributed by atoms with Crippen molar-refractivity contribution >= 4 is 46.6 Å². The van der Waals surface area contributed by atoms with Crippen LogP contribution in [-0.4, -0.2) is 23.8 Å². The van der Waals surface area contributed by atoms with Crippen LogP contribution in [0.1, 0.15) is 36.6 Å². The van der Waals surface area contributed by atoms with Gasteiger partial charge in [0.2, 0.25) is 0 Å². The van der Waals surface area contributed by atoms with E-state index < -0.39 is 12.0 Å². The van der Waals surface area contributed by atoms with Gasteiger partial charge < -0.3 is 9.47 Å². The maximum Gasteiger partial charge on any atom is 0.338 e. The number of nitriles is 1. The summed E-state index contributed by atoms with van der Waals surface area (Å²) in [6.07, 6.45) is 1.66. The van der Waals surface area contributed by atoms with Crippen molar-refractivity contribution in [2.45, 2.75) is 26.8 Å². The number of aryl methyl sites for hydroxylation is 1. The van der Waals surface area contributed by atoms with Crippen LogP contribution in [0.15, 0.2) is 57.5 Å². The highest BCUT2D eigenvalue weighted by Gasteiger charge is 2.33. The van der Waals surface area contributed by atoms with Crippen LogP contribution >= 0.6 is 34.5 Å². The normalized spacial score (nSPS) is 15.2. The largest absolute Gasteiger partial charge is 0.476 e. The molecular weight excluding hydrogens is 521 g/mol. The Morgan fingerprint density at radius 2 is 1.89 bits per heavy atom. The molecule has 7 nitrogen and oxygen atoms in total. The second kappa shape index (κ2) is 10.7. The third kappa shape index (κ3) is 4.96. The van der Waals surface area contributed by atoms with E-state index in [1.54, 1.807) is 32.1 Å². The number of thiazole rings is 1. The first kappa shape index (κ1) is 25.7. The van der Waals surface area contributed by atoms with E-state index in [4.69, 9.17) is 37.9 Å². The molecule has 2 heterocycles. The van der Waals surface area contributed by atoms with Crippen LogP contribution in [-0.2, 0) is 9.53 Å². The minimum atomic E-state index is -0.683. The Morgan fingerprint density at radius 1 is 1.22 bits per heavy atom. The number of halogens is 2. The lowest BCUT2D eigenvalue weighted by Crippen LogP contribution is -2.39. The third-order valence-electron chi connectivity index (χ3n) is 5.51. The lowest BCUT2D eigenvalue weighted by Gasteiger charge is -2.24. The molecule has 4 rings (SSSR count). The number of carbonyl (C=O) groups is 1. The number of benzene rings is 2. The molecule has 0 radical (unpaired) electrons. The van der Waals surface area contributed by atoms with Gasteiger partial charge in [0.1, 0.15) is 6.07 Å². The minimum Gasteiger partial charge on any atom is -0.476 e. The summed E-state index contributed by atoms with van der Waals surface area (Å²) in [7, 11) is 0. The smallest absolute Gasteiger partial charge is 0.338 e. The Labute approximate surface area is 221 Å². The SMILES string of the molecule is CCOC(=O)C1=C(C)N=c2s/c(=C/c3cc(Cl)c(OCC#N)c(Cl)c3)c(=O)n2[C@@H]1c1ccc(C)cc1. The zero-order chi connectivity index (χ0) is 26.0. The van der Waals surface area contributed by atoms with Gasteiger partial charge in [-0.05, 0) is 50.1 Å². The molecule has 10 heteroatoms. The number of rotatable bonds is 6. The average molecular weight is 542 g/mol. The number of nitrogens with zero attached hydrogens (tertiary/aromatic N) is 3. The van der Waals surface area contributed by atoms with Crippen LogP contribution in [0.4, 0.5) is 0 Å². The number of hydrogen-bond donors (Lipinski definition) is 0. The lowest BCUT2D eigenvalue weighted by molar-refractivity contribution is -0.139.